The number of carbonyl (C=O) groups is 1. The van der Waals surface area contributed by atoms with Crippen LogP contribution in [0, 0.1) is 0 Å². The van der Waals surface area contributed by atoms with Gasteiger partial charge in [0.1, 0.15) is 0 Å². The number of rotatable bonds is 6. The summed E-state index contributed by atoms with van der Waals surface area (Å²) in [4.78, 5) is 16.3. The maximum absolute atomic E-state index is 11.9. The molecule has 0 aromatic heterocycles. The van der Waals surface area contributed by atoms with Crippen LogP contribution in [0.1, 0.15) is 33.6 Å². The zero-order valence-electron chi connectivity index (χ0n) is 11.5. The lowest BCUT2D eigenvalue weighted by Crippen LogP contribution is -2.49. The molecule has 1 saturated heterocycles. The molecule has 0 radical (unpaired) electrons. The van der Waals surface area contributed by atoms with E-state index in [-0.39, 0.29) is 0 Å². The number of hydrogen-bond donors (Lipinski definition) is 1. The van der Waals surface area contributed by atoms with Gasteiger partial charge < -0.3 is 15.1 Å². The highest BCUT2D eigenvalue weighted by Gasteiger charge is 2.19. The molecule has 1 amide bonds. The fourth-order valence-electron chi connectivity index (χ4n) is 2.04. The van der Waals surface area contributed by atoms with Crippen LogP contribution in [0.4, 0.5) is 0 Å². The van der Waals surface area contributed by atoms with Crippen molar-refractivity contribution in [3.63, 3.8) is 0 Å². The zero-order chi connectivity index (χ0) is 12.7. The predicted molar refractivity (Wildman–Crippen MR) is 71.1 cm³/mol. The topological polar surface area (TPSA) is 35.6 Å². The van der Waals surface area contributed by atoms with Crippen LogP contribution in [0.25, 0.3) is 0 Å². The summed E-state index contributed by atoms with van der Waals surface area (Å²) >= 11 is 0. The molecular weight excluding hydrogens is 214 g/mol. The van der Waals surface area contributed by atoms with Crippen molar-refractivity contribution in [2.24, 2.45) is 0 Å². The van der Waals surface area contributed by atoms with Crippen LogP contribution in [0.2, 0.25) is 0 Å². The lowest BCUT2D eigenvalue weighted by atomic mass is 10.2. The highest BCUT2D eigenvalue weighted by molar-refractivity contribution is 5.76. The summed E-state index contributed by atoms with van der Waals surface area (Å²) in [5, 5.41) is 3.36. The van der Waals surface area contributed by atoms with Gasteiger partial charge in [-0.25, -0.2) is 0 Å². The van der Waals surface area contributed by atoms with Gasteiger partial charge in [-0.15, -0.1) is 0 Å². The molecule has 4 nitrogen and oxygen atoms in total. The van der Waals surface area contributed by atoms with Gasteiger partial charge in [0, 0.05) is 45.2 Å². The molecule has 1 heterocycles. The molecular formula is C13H27N3O. The third-order valence-electron chi connectivity index (χ3n) is 3.62. The molecule has 1 rings (SSSR count). The summed E-state index contributed by atoms with van der Waals surface area (Å²) in [7, 11) is 0. The van der Waals surface area contributed by atoms with Crippen LogP contribution in [-0.4, -0.2) is 61.0 Å². The van der Waals surface area contributed by atoms with E-state index >= 15 is 0 Å². The molecule has 0 aromatic rings. The molecule has 1 aliphatic heterocycles. The fraction of sp³-hybridized carbons (Fsp3) is 0.923. The maximum atomic E-state index is 11.9. The van der Waals surface area contributed by atoms with Crippen LogP contribution < -0.4 is 5.32 Å². The molecule has 0 saturated carbocycles. The number of nitrogens with one attached hydrogen (secondary N) is 1. The van der Waals surface area contributed by atoms with Crippen molar-refractivity contribution < 1.29 is 4.79 Å². The van der Waals surface area contributed by atoms with Crippen LogP contribution in [-0.2, 0) is 4.79 Å². The maximum Gasteiger partial charge on any atom is 0.223 e. The first-order valence-corrected chi connectivity index (χ1v) is 6.90. The average molecular weight is 241 g/mol. The molecule has 0 bridgehead atoms. The van der Waals surface area contributed by atoms with Gasteiger partial charge in [-0.2, -0.15) is 0 Å². The quantitative estimate of drug-likeness (QED) is 0.751. The molecule has 100 valence electrons. The van der Waals surface area contributed by atoms with Crippen molar-refractivity contribution >= 4 is 5.91 Å². The van der Waals surface area contributed by atoms with Gasteiger partial charge in [0.2, 0.25) is 5.91 Å². The second-order valence-corrected chi connectivity index (χ2v) is 4.83. The fourth-order valence-corrected chi connectivity index (χ4v) is 2.04. The Morgan fingerprint density at radius 1 is 1.24 bits per heavy atom. The second-order valence-electron chi connectivity index (χ2n) is 4.83. The van der Waals surface area contributed by atoms with Crippen molar-refractivity contribution in [2.75, 3.05) is 39.3 Å². The SMILES string of the molecule is CCC(C)NCCC(=O)N1CCN(CC)CC1. The van der Waals surface area contributed by atoms with Crippen molar-refractivity contribution in [3.05, 3.63) is 0 Å². The van der Waals surface area contributed by atoms with Crippen LogP contribution >= 0.6 is 0 Å². The molecule has 0 spiro atoms. The van der Waals surface area contributed by atoms with Gasteiger partial charge in [-0.05, 0) is 19.9 Å². The number of carbonyl (C=O) groups excluding carboxylic acids is 1. The lowest BCUT2D eigenvalue weighted by molar-refractivity contribution is -0.132. The average Bonchev–Trinajstić information content (AvgIpc) is 2.38. The van der Waals surface area contributed by atoms with Gasteiger partial charge in [-0.3, -0.25) is 4.79 Å². The van der Waals surface area contributed by atoms with Crippen molar-refractivity contribution in [2.45, 2.75) is 39.7 Å². The van der Waals surface area contributed by atoms with Gasteiger partial charge in [0.05, 0.1) is 0 Å². The monoisotopic (exact) mass is 241 g/mol. The Balaban J connectivity index is 2.16. The van der Waals surface area contributed by atoms with Crippen LogP contribution in [0.15, 0.2) is 0 Å². The van der Waals surface area contributed by atoms with Crippen molar-refractivity contribution in [1.29, 1.82) is 0 Å². The van der Waals surface area contributed by atoms with Crippen LogP contribution in [0.3, 0.4) is 0 Å². The molecule has 4 heteroatoms. The van der Waals surface area contributed by atoms with E-state index < -0.39 is 0 Å². The minimum atomic E-state index is 0.302. The molecule has 1 unspecified atom stereocenters. The van der Waals surface area contributed by atoms with Gasteiger partial charge in [0.25, 0.3) is 0 Å². The number of likely N-dealkylation sites (N-methyl/N-ethyl adjacent to an activating group) is 1. The largest absolute Gasteiger partial charge is 0.340 e. The van der Waals surface area contributed by atoms with E-state index in [9.17, 15) is 4.79 Å². The van der Waals surface area contributed by atoms with E-state index in [2.05, 4.69) is 31.0 Å². The second kappa shape index (κ2) is 7.67. The van der Waals surface area contributed by atoms with Gasteiger partial charge in [0.15, 0.2) is 0 Å². The zero-order valence-corrected chi connectivity index (χ0v) is 11.5. The molecule has 17 heavy (non-hydrogen) atoms. The Labute approximate surface area is 105 Å². The van der Waals surface area contributed by atoms with Crippen molar-refractivity contribution in [3.8, 4) is 0 Å². The minimum Gasteiger partial charge on any atom is -0.340 e. The first-order chi connectivity index (χ1) is 8.17. The predicted octanol–water partition coefficient (Wildman–Crippen LogP) is 0.929. The highest BCUT2D eigenvalue weighted by atomic mass is 16.2. The van der Waals surface area contributed by atoms with E-state index in [0.29, 0.717) is 18.4 Å². The van der Waals surface area contributed by atoms with E-state index in [1.807, 2.05) is 4.90 Å². The molecule has 1 aliphatic rings. The molecule has 0 aromatic carbocycles. The third-order valence-corrected chi connectivity index (χ3v) is 3.62. The van der Waals surface area contributed by atoms with E-state index in [0.717, 1.165) is 45.7 Å². The summed E-state index contributed by atoms with van der Waals surface area (Å²) in [5.41, 5.74) is 0. The normalized spacial score (nSPS) is 19.4. The Bertz CT molecular complexity index is 225. The number of amides is 1. The lowest BCUT2D eigenvalue weighted by Gasteiger charge is -2.34. The van der Waals surface area contributed by atoms with Crippen LogP contribution in [0.5, 0.6) is 0 Å². The Morgan fingerprint density at radius 3 is 2.41 bits per heavy atom. The van der Waals surface area contributed by atoms with E-state index in [1.165, 1.54) is 0 Å². The number of piperazine rings is 1. The van der Waals surface area contributed by atoms with Gasteiger partial charge >= 0.3 is 0 Å². The van der Waals surface area contributed by atoms with Gasteiger partial charge in [-0.1, -0.05) is 13.8 Å². The third kappa shape index (κ3) is 5.04. The Hall–Kier alpha value is -0.610. The minimum absolute atomic E-state index is 0.302. The molecule has 1 fully saturated rings. The summed E-state index contributed by atoms with van der Waals surface area (Å²) in [6.45, 7) is 12.2. The standard InChI is InChI=1S/C13H27N3O/c1-4-12(3)14-7-6-13(17)16-10-8-15(5-2)9-11-16/h12,14H,4-11H2,1-3H3. The first kappa shape index (κ1) is 14.5. The number of hydrogen-bond acceptors (Lipinski definition) is 3. The Morgan fingerprint density at radius 2 is 1.88 bits per heavy atom. The summed E-state index contributed by atoms with van der Waals surface area (Å²) in [5.74, 6) is 0.302. The molecule has 1 N–H and O–H groups in total. The Kier molecular flexibility index (Phi) is 6.52. The summed E-state index contributed by atoms with van der Waals surface area (Å²) in [6.07, 6.45) is 1.75. The highest BCUT2D eigenvalue weighted by Crippen LogP contribution is 2.03. The van der Waals surface area contributed by atoms with E-state index in [1.54, 1.807) is 0 Å². The summed E-state index contributed by atoms with van der Waals surface area (Å²) in [6, 6.07) is 0.514. The molecule has 0 aliphatic carbocycles. The smallest absolute Gasteiger partial charge is 0.223 e. The first-order valence-electron chi connectivity index (χ1n) is 6.90. The van der Waals surface area contributed by atoms with E-state index in [4.69, 9.17) is 0 Å². The molecule has 1 atom stereocenters. The number of nitrogens with zero attached hydrogens (tertiary/aromatic N) is 2. The summed E-state index contributed by atoms with van der Waals surface area (Å²) < 4.78 is 0. The van der Waals surface area contributed by atoms with Crippen molar-refractivity contribution in [1.82, 2.24) is 15.1 Å².